The van der Waals surface area contributed by atoms with Crippen molar-refractivity contribution in [3.05, 3.63) is 18.0 Å². The molecule has 0 radical (unpaired) electrons. The molecule has 1 unspecified atom stereocenters. The largest absolute Gasteiger partial charge is 0.299 e. The fourth-order valence-electron chi connectivity index (χ4n) is 2.95. The minimum atomic E-state index is 0.261. The maximum Gasteiger partial charge on any atom is 0.141 e. The van der Waals surface area contributed by atoms with Crippen LogP contribution in [0.25, 0.3) is 0 Å². The van der Waals surface area contributed by atoms with E-state index in [1.54, 1.807) is 0 Å². The summed E-state index contributed by atoms with van der Waals surface area (Å²) < 4.78 is 1.98. The molecule has 0 saturated heterocycles. The van der Waals surface area contributed by atoms with Gasteiger partial charge in [-0.15, -0.1) is 0 Å². The minimum absolute atomic E-state index is 0.261. The molecule has 1 aliphatic carbocycles. The summed E-state index contributed by atoms with van der Waals surface area (Å²) in [5.41, 5.74) is 1.36. The predicted molar refractivity (Wildman–Crippen MR) is 81.7 cm³/mol. The van der Waals surface area contributed by atoms with Gasteiger partial charge in [0, 0.05) is 18.2 Å². The Morgan fingerprint density at radius 1 is 1.45 bits per heavy atom. The van der Waals surface area contributed by atoms with Crippen LogP contribution in [0.3, 0.4) is 0 Å². The van der Waals surface area contributed by atoms with Gasteiger partial charge in [0.15, 0.2) is 0 Å². The number of nitrogens with zero attached hydrogens (tertiary/aromatic N) is 2. The Balaban J connectivity index is 1.90. The lowest BCUT2D eigenvalue weighted by Crippen LogP contribution is -2.27. The van der Waals surface area contributed by atoms with Gasteiger partial charge in [-0.1, -0.05) is 20.8 Å². The highest BCUT2D eigenvalue weighted by molar-refractivity contribution is 5.82. The highest BCUT2D eigenvalue weighted by Crippen LogP contribution is 2.38. The van der Waals surface area contributed by atoms with Crippen LogP contribution in [0, 0.1) is 11.3 Å². The first-order valence-corrected chi connectivity index (χ1v) is 7.98. The first kappa shape index (κ1) is 15.3. The number of Topliss-reactive ketones (excluding diaryl/α,β-unsaturated/α-hetero) is 1. The lowest BCUT2D eigenvalue weighted by atomic mass is 9.71. The highest BCUT2D eigenvalue weighted by atomic mass is 16.1. The average molecular weight is 276 g/mol. The molecule has 0 spiro atoms. The van der Waals surface area contributed by atoms with E-state index in [1.807, 2.05) is 16.9 Å². The highest BCUT2D eigenvalue weighted by Gasteiger charge is 2.30. The summed E-state index contributed by atoms with van der Waals surface area (Å²) in [6, 6.07) is 2.41. The van der Waals surface area contributed by atoms with E-state index in [0.29, 0.717) is 23.7 Å². The zero-order valence-corrected chi connectivity index (χ0v) is 13.4. The van der Waals surface area contributed by atoms with Crippen molar-refractivity contribution in [2.75, 3.05) is 0 Å². The Hall–Kier alpha value is -1.12. The molecule has 1 atom stereocenters. The van der Waals surface area contributed by atoms with E-state index in [4.69, 9.17) is 0 Å². The molecule has 0 amide bonds. The first-order chi connectivity index (χ1) is 9.41. The Morgan fingerprint density at radius 3 is 2.70 bits per heavy atom. The SMILES string of the molecule is CCC(C)n1ccc(CC(=O)C2CCC(C)(C)CC2)n1. The molecule has 1 heterocycles. The molecule has 2 rings (SSSR count). The maximum atomic E-state index is 12.4. The van der Waals surface area contributed by atoms with Gasteiger partial charge >= 0.3 is 0 Å². The molecular formula is C17H28N2O. The van der Waals surface area contributed by atoms with Gasteiger partial charge in [-0.2, -0.15) is 5.10 Å². The standard InChI is InChI=1S/C17H28N2O/c1-5-13(2)19-11-8-15(18-19)12-16(20)14-6-9-17(3,4)10-7-14/h8,11,13-14H,5-7,9-10,12H2,1-4H3. The molecule has 0 aromatic carbocycles. The smallest absolute Gasteiger partial charge is 0.141 e. The van der Waals surface area contributed by atoms with E-state index in [2.05, 4.69) is 32.8 Å². The summed E-state index contributed by atoms with van der Waals surface area (Å²) in [5.74, 6) is 0.645. The van der Waals surface area contributed by atoms with Crippen molar-refractivity contribution >= 4 is 5.78 Å². The van der Waals surface area contributed by atoms with Gasteiger partial charge in [0.25, 0.3) is 0 Å². The number of carbonyl (C=O) groups excluding carboxylic acids is 1. The van der Waals surface area contributed by atoms with E-state index < -0.39 is 0 Å². The van der Waals surface area contributed by atoms with Crippen LogP contribution < -0.4 is 0 Å². The van der Waals surface area contributed by atoms with Crippen LogP contribution in [0.15, 0.2) is 12.3 Å². The van der Waals surface area contributed by atoms with Crippen molar-refractivity contribution in [3.63, 3.8) is 0 Å². The number of ketones is 1. The second-order valence-corrected chi connectivity index (χ2v) is 7.13. The molecule has 1 saturated carbocycles. The van der Waals surface area contributed by atoms with Crippen LogP contribution in [0.4, 0.5) is 0 Å². The van der Waals surface area contributed by atoms with Gasteiger partial charge in [0.2, 0.25) is 0 Å². The third-order valence-corrected chi connectivity index (χ3v) is 4.86. The molecule has 0 bridgehead atoms. The predicted octanol–water partition coefficient (Wildman–Crippen LogP) is 4.18. The topological polar surface area (TPSA) is 34.9 Å². The van der Waals surface area contributed by atoms with Crippen LogP contribution in [0.2, 0.25) is 0 Å². The maximum absolute atomic E-state index is 12.4. The van der Waals surface area contributed by atoms with Gasteiger partial charge in [-0.3, -0.25) is 9.48 Å². The Labute approximate surface area is 122 Å². The van der Waals surface area contributed by atoms with Gasteiger partial charge in [-0.25, -0.2) is 0 Å². The first-order valence-electron chi connectivity index (χ1n) is 7.98. The summed E-state index contributed by atoms with van der Waals surface area (Å²) in [7, 11) is 0. The van der Waals surface area contributed by atoms with Gasteiger partial charge in [0.1, 0.15) is 5.78 Å². The Bertz CT molecular complexity index is 451. The van der Waals surface area contributed by atoms with Crippen molar-refractivity contribution in [2.24, 2.45) is 11.3 Å². The van der Waals surface area contributed by atoms with Crippen LogP contribution in [-0.2, 0) is 11.2 Å². The summed E-state index contributed by atoms with van der Waals surface area (Å²) in [5, 5.41) is 4.54. The lowest BCUT2D eigenvalue weighted by molar-refractivity contribution is -0.123. The molecule has 0 aliphatic heterocycles. The van der Waals surface area contributed by atoms with Gasteiger partial charge in [0.05, 0.1) is 12.1 Å². The number of aromatic nitrogens is 2. The molecule has 20 heavy (non-hydrogen) atoms. The molecule has 3 heteroatoms. The van der Waals surface area contributed by atoms with Crippen molar-refractivity contribution < 1.29 is 4.79 Å². The van der Waals surface area contributed by atoms with Gasteiger partial charge in [-0.05, 0) is 50.5 Å². The third kappa shape index (κ3) is 3.71. The Morgan fingerprint density at radius 2 is 2.10 bits per heavy atom. The van der Waals surface area contributed by atoms with E-state index >= 15 is 0 Å². The van der Waals surface area contributed by atoms with Crippen LogP contribution in [-0.4, -0.2) is 15.6 Å². The molecule has 1 aromatic rings. The quantitative estimate of drug-likeness (QED) is 0.808. The number of rotatable bonds is 5. The van der Waals surface area contributed by atoms with Crippen LogP contribution >= 0.6 is 0 Å². The molecule has 112 valence electrons. The van der Waals surface area contributed by atoms with E-state index in [-0.39, 0.29) is 5.92 Å². The fourth-order valence-corrected chi connectivity index (χ4v) is 2.95. The summed E-state index contributed by atoms with van der Waals surface area (Å²) >= 11 is 0. The van der Waals surface area contributed by atoms with E-state index in [0.717, 1.165) is 25.0 Å². The summed E-state index contributed by atoms with van der Waals surface area (Å²) in [6.45, 7) is 8.92. The van der Waals surface area contributed by atoms with Crippen molar-refractivity contribution in [2.45, 2.75) is 72.3 Å². The minimum Gasteiger partial charge on any atom is -0.299 e. The number of hydrogen-bond acceptors (Lipinski definition) is 2. The zero-order valence-electron chi connectivity index (χ0n) is 13.4. The molecular weight excluding hydrogens is 248 g/mol. The third-order valence-electron chi connectivity index (χ3n) is 4.86. The second-order valence-electron chi connectivity index (χ2n) is 7.13. The molecule has 1 aliphatic rings. The molecule has 3 nitrogen and oxygen atoms in total. The average Bonchev–Trinajstić information content (AvgIpc) is 2.86. The lowest BCUT2D eigenvalue weighted by Gasteiger charge is -2.33. The van der Waals surface area contributed by atoms with E-state index in [9.17, 15) is 4.79 Å². The van der Waals surface area contributed by atoms with Crippen molar-refractivity contribution in [1.29, 1.82) is 0 Å². The summed E-state index contributed by atoms with van der Waals surface area (Å²) in [6.07, 6.45) is 8.02. The van der Waals surface area contributed by atoms with Crippen LogP contribution in [0.1, 0.15) is 71.5 Å². The number of hydrogen-bond donors (Lipinski definition) is 0. The molecule has 1 fully saturated rings. The van der Waals surface area contributed by atoms with E-state index in [1.165, 1.54) is 12.8 Å². The van der Waals surface area contributed by atoms with Gasteiger partial charge < -0.3 is 0 Å². The monoisotopic (exact) mass is 276 g/mol. The van der Waals surface area contributed by atoms with Crippen molar-refractivity contribution in [1.82, 2.24) is 9.78 Å². The molecule has 0 N–H and O–H groups in total. The fraction of sp³-hybridized carbons (Fsp3) is 0.765. The summed E-state index contributed by atoms with van der Waals surface area (Å²) in [4.78, 5) is 12.4. The molecule has 1 aromatic heterocycles. The number of carbonyl (C=O) groups is 1. The second kappa shape index (κ2) is 6.11. The Kier molecular flexibility index (Phi) is 4.66. The normalized spacial score (nSPS) is 20.8. The zero-order chi connectivity index (χ0) is 14.8. The van der Waals surface area contributed by atoms with Crippen molar-refractivity contribution in [3.8, 4) is 0 Å². The van der Waals surface area contributed by atoms with Crippen LogP contribution in [0.5, 0.6) is 0 Å².